The third-order valence-corrected chi connectivity index (χ3v) is 4.98. The highest BCUT2D eigenvalue weighted by molar-refractivity contribution is 5.60. The first-order chi connectivity index (χ1) is 12.1. The maximum Gasteiger partial charge on any atom is 0.210 e. The molecule has 1 aromatic heterocycles. The monoisotopic (exact) mass is 344 g/mol. The standard InChI is InChI=1S/C21H32N2O2/c1-5-6-7-10-20-17(2)22(13-8-9-14-25-4)15-21(20)18(3)23(16-24)19-11-12-19/h5-7,10,15-16,18-19H,8-9,11-14H2,1-4H3/b6-5+,10-7-. The van der Waals surface area contributed by atoms with Crippen LogP contribution in [0.3, 0.4) is 0 Å². The van der Waals surface area contributed by atoms with E-state index in [2.05, 4.69) is 36.8 Å². The Labute approximate surface area is 152 Å². The minimum Gasteiger partial charge on any atom is -0.385 e. The van der Waals surface area contributed by atoms with Crippen LogP contribution in [0.4, 0.5) is 0 Å². The Kier molecular flexibility index (Phi) is 7.51. The average molecular weight is 344 g/mol. The molecule has 1 aliphatic carbocycles. The molecule has 1 atom stereocenters. The number of amides is 1. The van der Waals surface area contributed by atoms with Gasteiger partial charge in [0, 0.05) is 43.8 Å². The summed E-state index contributed by atoms with van der Waals surface area (Å²) in [5.41, 5.74) is 3.75. The van der Waals surface area contributed by atoms with E-state index in [4.69, 9.17) is 4.74 Å². The predicted octanol–water partition coefficient (Wildman–Crippen LogP) is 4.49. The lowest BCUT2D eigenvalue weighted by atomic mass is 10.0. The molecule has 0 bridgehead atoms. The van der Waals surface area contributed by atoms with Gasteiger partial charge in [0.1, 0.15) is 0 Å². The maximum atomic E-state index is 11.6. The van der Waals surface area contributed by atoms with Crippen molar-refractivity contribution in [1.82, 2.24) is 9.47 Å². The molecule has 1 heterocycles. The predicted molar refractivity (Wildman–Crippen MR) is 103 cm³/mol. The largest absolute Gasteiger partial charge is 0.385 e. The molecule has 25 heavy (non-hydrogen) atoms. The molecule has 4 heteroatoms. The molecule has 1 saturated carbocycles. The van der Waals surface area contributed by atoms with Crippen LogP contribution in [0.5, 0.6) is 0 Å². The van der Waals surface area contributed by atoms with E-state index >= 15 is 0 Å². The van der Waals surface area contributed by atoms with Gasteiger partial charge in [0.25, 0.3) is 0 Å². The lowest BCUT2D eigenvalue weighted by molar-refractivity contribution is -0.120. The summed E-state index contributed by atoms with van der Waals surface area (Å²) in [6, 6.07) is 0.527. The Hall–Kier alpha value is -1.81. The second-order valence-electron chi connectivity index (χ2n) is 6.82. The summed E-state index contributed by atoms with van der Waals surface area (Å²) in [4.78, 5) is 13.6. The molecule has 4 nitrogen and oxygen atoms in total. The van der Waals surface area contributed by atoms with Crippen LogP contribution in [-0.4, -0.2) is 35.6 Å². The molecule has 0 aliphatic heterocycles. The second-order valence-corrected chi connectivity index (χ2v) is 6.82. The van der Waals surface area contributed by atoms with Gasteiger partial charge in [-0.25, -0.2) is 0 Å². The number of methoxy groups -OCH3 is 1. The average Bonchev–Trinajstić information content (AvgIpc) is 3.39. The van der Waals surface area contributed by atoms with Crippen LogP contribution in [0.15, 0.2) is 24.4 Å². The van der Waals surface area contributed by atoms with Gasteiger partial charge in [-0.15, -0.1) is 0 Å². The normalized spacial score (nSPS) is 16.0. The van der Waals surface area contributed by atoms with E-state index in [9.17, 15) is 4.79 Å². The fraction of sp³-hybridized carbons (Fsp3) is 0.571. The van der Waals surface area contributed by atoms with Gasteiger partial charge < -0.3 is 14.2 Å². The SMILES string of the molecule is C/C=C/C=C\c1c(C(C)N(C=O)C2CC2)cn(CCCCOC)c1C. The molecule has 138 valence electrons. The molecule has 0 aromatic carbocycles. The number of ether oxygens (including phenoxy) is 1. The molecule has 1 unspecified atom stereocenters. The number of hydrogen-bond acceptors (Lipinski definition) is 2. The van der Waals surface area contributed by atoms with Crippen LogP contribution in [0.2, 0.25) is 0 Å². The fourth-order valence-corrected chi connectivity index (χ4v) is 3.30. The van der Waals surface area contributed by atoms with E-state index in [1.807, 2.05) is 24.0 Å². The molecule has 2 rings (SSSR count). The zero-order chi connectivity index (χ0) is 18.2. The second kappa shape index (κ2) is 9.62. The van der Waals surface area contributed by atoms with Gasteiger partial charge in [-0.1, -0.05) is 24.3 Å². The number of carbonyl (C=O) groups excluding carboxylic acids is 1. The highest BCUT2D eigenvalue weighted by Crippen LogP contribution is 2.35. The first-order valence-corrected chi connectivity index (χ1v) is 9.34. The number of aromatic nitrogens is 1. The summed E-state index contributed by atoms with van der Waals surface area (Å²) in [5.74, 6) is 0. The van der Waals surface area contributed by atoms with Crippen molar-refractivity contribution < 1.29 is 9.53 Å². The molecule has 1 aromatic rings. The Morgan fingerprint density at radius 3 is 2.72 bits per heavy atom. The minimum absolute atomic E-state index is 0.106. The molecule has 1 amide bonds. The van der Waals surface area contributed by atoms with E-state index in [-0.39, 0.29) is 6.04 Å². The molecule has 0 radical (unpaired) electrons. The Bertz CT molecular complexity index is 612. The van der Waals surface area contributed by atoms with Crippen molar-refractivity contribution in [3.05, 3.63) is 41.2 Å². The van der Waals surface area contributed by atoms with Crippen molar-refractivity contribution in [2.75, 3.05) is 13.7 Å². The van der Waals surface area contributed by atoms with Crippen LogP contribution in [0.25, 0.3) is 6.08 Å². The summed E-state index contributed by atoms with van der Waals surface area (Å²) < 4.78 is 7.47. The molecule has 0 N–H and O–H groups in total. The van der Waals surface area contributed by atoms with Crippen LogP contribution in [0.1, 0.15) is 62.4 Å². The van der Waals surface area contributed by atoms with Gasteiger partial charge in [0.15, 0.2) is 0 Å². The molecular formula is C21H32N2O2. The van der Waals surface area contributed by atoms with Gasteiger partial charge in [-0.2, -0.15) is 0 Å². The topological polar surface area (TPSA) is 34.5 Å². The Morgan fingerprint density at radius 2 is 2.12 bits per heavy atom. The number of aryl methyl sites for hydroxylation is 1. The first-order valence-electron chi connectivity index (χ1n) is 9.34. The lowest BCUT2D eigenvalue weighted by Gasteiger charge is -2.25. The molecule has 1 fully saturated rings. The number of unbranched alkanes of at least 4 members (excludes halogenated alkanes) is 1. The zero-order valence-electron chi connectivity index (χ0n) is 16.1. The lowest BCUT2D eigenvalue weighted by Crippen LogP contribution is -2.27. The zero-order valence-corrected chi connectivity index (χ0v) is 16.1. The summed E-state index contributed by atoms with van der Waals surface area (Å²) in [5, 5.41) is 0. The number of carbonyl (C=O) groups is 1. The van der Waals surface area contributed by atoms with E-state index in [0.29, 0.717) is 6.04 Å². The summed E-state index contributed by atoms with van der Waals surface area (Å²) >= 11 is 0. The van der Waals surface area contributed by atoms with Gasteiger partial charge in [-0.3, -0.25) is 4.79 Å². The van der Waals surface area contributed by atoms with Gasteiger partial charge in [0.05, 0.1) is 6.04 Å². The van der Waals surface area contributed by atoms with Crippen LogP contribution < -0.4 is 0 Å². The van der Waals surface area contributed by atoms with Crippen molar-refractivity contribution >= 4 is 12.5 Å². The third kappa shape index (κ3) is 5.08. The van der Waals surface area contributed by atoms with Crippen molar-refractivity contribution in [3.8, 4) is 0 Å². The molecule has 1 aliphatic rings. The summed E-state index contributed by atoms with van der Waals surface area (Å²) in [6.45, 7) is 8.12. The van der Waals surface area contributed by atoms with Crippen molar-refractivity contribution in [1.29, 1.82) is 0 Å². The highest BCUT2D eigenvalue weighted by atomic mass is 16.5. The van der Waals surface area contributed by atoms with Crippen LogP contribution in [-0.2, 0) is 16.1 Å². The summed E-state index contributed by atoms with van der Waals surface area (Å²) in [7, 11) is 1.75. The van der Waals surface area contributed by atoms with Crippen LogP contribution in [0, 0.1) is 6.92 Å². The van der Waals surface area contributed by atoms with Crippen molar-refractivity contribution in [2.24, 2.45) is 0 Å². The van der Waals surface area contributed by atoms with Gasteiger partial charge in [0.2, 0.25) is 6.41 Å². The van der Waals surface area contributed by atoms with Crippen molar-refractivity contribution in [2.45, 2.75) is 65.1 Å². The highest BCUT2D eigenvalue weighted by Gasteiger charge is 2.33. The maximum absolute atomic E-state index is 11.6. The van der Waals surface area contributed by atoms with E-state index < -0.39 is 0 Å². The fourth-order valence-electron chi connectivity index (χ4n) is 3.30. The van der Waals surface area contributed by atoms with E-state index in [0.717, 1.165) is 45.2 Å². The van der Waals surface area contributed by atoms with Gasteiger partial charge >= 0.3 is 0 Å². The molecule has 0 saturated heterocycles. The van der Waals surface area contributed by atoms with Crippen LogP contribution >= 0.6 is 0 Å². The number of rotatable bonds is 11. The molecular weight excluding hydrogens is 312 g/mol. The minimum atomic E-state index is 0.106. The third-order valence-electron chi connectivity index (χ3n) is 4.98. The number of nitrogens with zero attached hydrogens (tertiary/aromatic N) is 2. The molecule has 0 spiro atoms. The quantitative estimate of drug-likeness (QED) is 0.337. The first kappa shape index (κ1) is 19.5. The van der Waals surface area contributed by atoms with E-state index in [1.54, 1.807) is 7.11 Å². The number of allylic oxidation sites excluding steroid dienone is 3. The smallest absolute Gasteiger partial charge is 0.210 e. The van der Waals surface area contributed by atoms with Gasteiger partial charge in [-0.05, 0) is 52.0 Å². The summed E-state index contributed by atoms with van der Waals surface area (Å²) in [6.07, 6.45) is 16.0. The van der Waals surface area contributed by atoms with E-state index in [1.165, 1.54) is 16.8 Å². The number of hydrogen-bond donors (Lipinski definition) is 0. The Balaban J connectivity index is 2.26. The van der Waals surface area contributed by atoms with Crippen molar-refractivity contribution in [3.63, 3.8) is 0 Å². The Morgan fingerprint density at radius 1 is 1.36 bits per heavy atom.